The van der Waals surface area contributed by atoms with E-state index in [0.29, 0.717) is 0 Å². The summed E-state index contributed by atoms with van der Waals surface area (Å²) in [5, 5.41) is 2.57. The van der Waals surface area contributed by atoms with Crippen LogP contribution in [0.3, 0.4) is 0 Å². The third-order valence-corrected chi connectivity index (χ3v) is 2.73. The highest BCUT2D eigenvalue weighted by Crippen LogP contribution is 2.16. The Kier molecular flexibility index (Phi) is 5.37. The molecule has 96 valence electrons. The van der Waals surface area contributed by atoms with Gasteiger partial charge in [-0.05, 0) is 5.41 Å². The van der Waals surface area contributed by atoms with Gasteiger partial charge in [0, 0.05) is 13.1 Å². The lowest BCUT2D eigenvalue weighted by Gasteiger charge is -2.25. The van der Waals surface area contributed by atoms with Crippen molar-refractivity contribution < 1.29 is 13.2 Å². The molecule has 0 radical (unpaired) electrons. The molecule has 0 saturated heterocycles. The third-order valence-electron chi connectivity index (χ3n) is 2.00. The predicted molar refractivity (Wildman–Crippen MR) is 63.3 cm³/mol. The molecule has 0 aromatic rings. The molecule has 1 amide bonds. The minimum atomic E-state index is -3.20. The van der Waals surface area contributed by atoms with Gasteiger partial charge in [-0.15, -0.1) is 0 Å². The summed E-state index contributed by atoms with van der Waals surface area (Å²) in [5.74, 6) is -0.275. The summed E-state index contributed by atoms with van der Waals surface area (Å²) in [6.45, 7) is 6.00. The van der Waals surface area contributed by atoms with Crippen molar-refractivity contribution in [2.24, 2.45) is 11.1 Å². The topological polar surface area (TPSA) is 101 Å². The zero-order chi connectivity index (χ0) is 13.0. The average molecular weight is 251 g/mol. The van der Waals surface area contributed by atoms with Crippen LogP contribution in [0.5, 0.6) is 0 Å². The number of amides is 1. The fourth-order valence-corrected chi connectivity index (χ4v) is 1.40. The van der Waals surface area contributed by atoms with Crippen molar-refractivity contribution in [2.75, 3.05) is 19.3 Å². The number of carbonyl (C=O) groups is 1. The first-order valence-electron chi connectivity index (χ1n) is 5.02. The lowest BCUT2D eigenvalue weighted by Crippen LogP contribution is -2.49. The zero-order valence-electron chi connectivity index (χ0n) is 10.2. The van der Waals surface area contributed by atoms with Crippen LogP contribution >= 0.6 is 0 Å². The Bertz CT molecular complexity index is 332. The zero-order valence-corrected chi connectivity index (χ0v) is 11.0. The van der Waals surface area contributed by atoms with E-state index in [-0.39, 0.29) is 24.4 Å². The Hall–Kier alpha value is -0.660. The SMILES string of the molecule is CC(C)(C)[C@@H](N)C(=O)NCCNS(C)(=O)=O. The monoisotopic (exact) mass is 251 g/mol. The van der Waals surface area contributed by atoms with Crippen LogP contribution in [0.25, 0.3) is 0 Å². The molecule has 0 heterocycles. The van der Waals surface area contributed by atoms with Crippen LogP contribution in [0, 0.1) is 5.41 Å². The Balaban J connectivity index is 3.92. The van der Waals surface area contributed by atoms with Crippen LogP contribution in [-0.4, -0.2) is 39.7 Å². The fourth-order valence-electron chi connectivity index (χ4n) is 0.925. The van der Waals surface area contributed by atoms with Gasteiger partial charge in [0.05, 0.1) is 12.3 Å². The standard InChI is InChI=1S/C9H21N3O3S/c1-9(2,3)7(10)8(13)11-5-6-12-16(4,14)15/h7,12H,5-6,10H2,1-4H3,(H,11,13)/t7-/m0/s1. The van der Waals surface area contributed by atoms with Gasteiger partial charge in [-0.3, -0.25) is 4.79 Å². The molecular weight excluding hydrogens is 230 g/mol. The number of hydrogen-bond donors (Lipinski definition) is 3. The summed E-state index contributed by atoms with van der Waals surface area (Å²) in [7, 11) is -3.20. The number of hydrogen-bond acceptors (Lipinski definition) is 4. The van der Waals surface area contributed by atoms with Gasteiger partial charge in [0.15, 0.2) is 0 Å². The molecule has 0 saturated carbocycles. The maximum atomic E-state index is 11.5. The molecule has 0 aliphatic rings. The van der Waals surface area contributed by atoms with Gasteiger partial charge in [0.25, 0.3) is 0 Å². The van der Waals surface area contributed by atoms with Crippen LogP contribution in [-0.2, 0) is 14.8 Å². The molecule has 7 heteroatoms. The maximum Gasteiger partial charge on any atom is 0.237 e. The highest BCUT2D eigenvalue weighted by molar-refractivity contribution is 7.88. The molecule has 1 atom stereocenters. The summed E-state index contributed by atoms with van der Waals surface area (Å²) in [6, 6.07) is -0.606. The highest BCUT2D eigenvalue weighted by atomic mass is 32.2. The van der Waals surface area contributed by atoms with E-state index in [4.69, 9.17) is 5.73 Å². The summed E-state index contributed by atoms with van der Waals surface area (Å²) in [4.78, 5) is 11.5. The molecule has 0 aliphatic carbocycles. The van der Waals surface area contributed by atoms with Crippen molar-refractivity contribution in [3.8, 4) is 0 Å². The molecule has 6 nitrogen and oxygen atoms in total. The van der Waals surface area contributed by atoms with Crippen molar-refractivity contribution in [1.29, 1.82) is 0 Å². The smallest absolute Gasteiger partial charge is 0.237 e. The molecule has 4 N–H and O–H groups in total. The average Bonchev–Trinajstić information content (AvgIpc) is 2.07. The molecule has 0 rings (SSSR count). The Labute approximate surface area is 97.0 Å². The molecule has 0 spiro atoms. The van der Waals surface area contributed by atoms with Crippen molar-refractivity contribution in [1.82, 2.24) is 10.0 Å². The minimum absolute atomic E-state index is 0.168. The number of nitrogens with one attached hydrogen (secondary N) is 2. The first kappa shape index (κ1) is 15.3. The number of nitrogens with two attached hydrogens (primary N) is 1. The van der Waals surface area contributed by atoms with Crippen molar-refractivity contribution in [2.45, 2.75) is 26.8 Å². The van der Waals surface area contributed by atoms with Crippen LogP contribution in [0.1, 0.15) is 20.8 Å². The molecule has 0 unspecified atom stereocenters. The second-order valence-corrected chi connectivity index (χ2v) is 6.63. The van der Waals surface area contributed by atoms with Crippen LogP contribution < -0.4 is 15.8 Å². The summed E-state index contributed by atoms with van der Waals surface area (Å²) >= 11 is 0. The lowest BCUT2D eigenvalue weighted by molar-refractivity contribution is -0.124. The minimum Gasteiger partial charge on any atom is -0.353 e. The van der Waals surface area contributed by atoms with Gasteiger partial charge in [-0.2, -0.15) is 0 Å². The fraction of sp³-hybridized carbons (Fsp3) is 0.889. The van der Waals surface area contributed by atoms with E-state index in [1.165, 1.54) is 0 Å². The summed E-state index contributed by atoms with van der Waals surface area (Å²) in [6.07, 6.45) is 1.07. The Morgan fingerprint density at radius 3 is 2.19 bits per heavy atom. The summed E-state index contributed by atoms with van der Waals surface area (Å²) in [5.41, 5.74) is 5.40. The molecule has 0 fully saturated rings. The number of sulfonamides is 1. The molecule has 0 aromatic carbocycles. The molecule has 0 aromatic heterocycles. The van der Waals surface area contributed by atoms with E-state index in [1.54, 1.807) is 0 Å². The second kappa shape index (κ2) is 5.60. The summed E-state index contributed by atoms with van der Waals surface area (Å²) < 4.78 is 23.7. The van der Waals surface area contributed by atoms with E-state index in [1.807, 2.05) is 20.8 Å². The van der Waals surface area contributed by atoms with E-state index in [2.05, 4.69) is 10.0 Å². The van der Waals surface area contributed by atoms with Gasteiger partial charge < -0.3 is 11.1 Å². The molecule has 0 aliphatic heterocycles. The van der Waals surface area contributed by atoms with Gasteiger partial charge in [0.2, 0.25) is 15.9 Å². The first-order chi connectivity index (χ1) is 7.04. The van der Waals surface area contributed by atoms with Crippen LogP contribution in [0.15, 0.2) is 0 Å². The van der Waals surface area contributed by atoms with Crippen LogP contribution in [0.4, 0.5) is 0 Å². The number of carbonyl (C=O) groups excluding carboxylic acids is 1. The van der Waals surface area contributed by atoms with Gasteiger partial charge in [-0.1, -0.05) is 20.8 Å². The quantitative estimate of drug-likeness (QED) is 0.547. The van der Waals surface area contributed by atoms with Gasteiger partial charge in [0.1, 0.15) is 0 Å². The van der Waals surface area contributed by atoms with Crippen molar-refractivity contribution >= 4 is 15.9 Å². The first-order valence-corrected chi connectivity index (χ1v) is 6.91. The molecule has 0 bridgehead atoms. The van der Waals surface area contributed by atoms with Crippen molar-refractivity contribution in [3.63, 3.8) is 0 Å². The second-order valence-electron chi connectivity index (χ2n) is 4.80. The van der Waals surface area contributed by atoms with E-state index < -0.39 is 16.1 Å². The lowest BCUT2D eigenvalue weighted by atomic mass is 9.87. The largest absolute Gasteiger partial charge is 0.353 e. The third kappa shape index (κ3) is 6.76. The Morgan fingerprint density at radius 1 is 1.31 bits per heavy atom. The van der Waals surface area contributed by atoms with Crippen molar-refractivity contribution in [3.05, 3.63) is 0 Å². The highest BCUT2D eigenvalue weighted by Gasteiger charge is 2.26. The van der Waals surface area contributed by atoms with E-state index >= 15 is 0 Å². The molecular formula is C9H21N3O3S. The van der Waals surface area contributed by atoms with E-state index in [9.17, 15) is 13.2 Å². The van der Waals surface area contributed by atoms with E-state index in [0.717, 1.165) is 6.26 Å². The van der Waals surface area contributed by atoms with Crippen LogP contribution in [0.2, 0.25) is 0 Å². The normalized spacial score (nSPS) is 14.6. The van der Waals surface area contributed by atoms with Gasteiger partial charge in [-0.25, -0.2) is 13.1 Å². The predicted octanol–water partition coefficient (Wildman–Crippen LogP) is -0.975. The van der Waals surface area contributed by atoms with Gasteiger partial charge >= 0.3 is 0 Å². The Morgan fingerprint density at radius 2 is 1.81 bits per heavy atom. The maximum absolute atomic E-state index is 11.5. The molecule has 16 heavy (non-hydrogen) atoms. The number of rotatable bonds is 5.